The van der Waals surface area contributed by atoms with Crippen LogP contribution in [0.2, 0.25) is 0 Å². The van der Waals surface area contributed by atoms with Gasteiger partial charge in [0.15, 0.2) is 5.75 Å². The van der Waals surface area contributed by atoms with Gasteiger partial charge in [0, 0.05) is 13.1 Å². The number of guanidine groups is 1. The maximum Gasteiger partial charge on any atom is 0.491 e. The molecule has 5 N–H and O–H groups in total. The first-order valence-corrected chi connectivity index (χ1v) is 6.47. The lowest BCUT2D eigenvalue weighted by atomic mass is 10.4. The normalized spacial score (nSPS) is 17.9. The zero-order valence-corrected chi connectivity index (χ0v) is 10.4. The molecule has 1 aromatic heterocycles. The highest BCUT2D eigenvalue weighted by Crippen LogP contribution is 2.11. The van der Waals surface area contributed by atoms with E-state index >= 15 is 0 Å². The van der Waals surface area contributed by atoms with Crippen LogP contribution in [0, 0.1) is 0 Å². The van der Waals surface area contributed by atoms with Crippen LogP contribution in [-0.2, 0) is 25.5 Å². The molecule has 0 fully saturated rings. The van der Waals surface area contributed by atoms with Crippen molar-refractivity contribution < 1.29 is 22.1 Å². The van der Waals surface area contributed by atoms with E-state index in [2.05, 4.69) is 29.2 Å². The lowest BCUT2D eigenvalue weighted by Gasteiger charge is -2.23. The molecule has 0 saturated heterocycles. The van der Waals surface area contributed by atoms with Gasteiger partial charge in [-0.25, -0.2) is 4.28 Å². The number of nitrogens with two attached hydrogens (primary N) is 1. The van der Waals surface area contributed by atoms with Crippen molar-refractivity contribution in [1.82, 2.24) is 20.6 Å². The zero-order valence-electron chi connectivity index (χ0n) is 9.61. The highest BCUT2D eigenvalue weighted by Gasteiger charge is 2.26. The summed E-state index contributed by atoms with van der Waals surface area (Å²) in [5, 5.41) is 22.5. The van der Waals surface area contributed by atoms with E-state index in [9.17, 15) is 13.5 Å². The Bertz CT molecular complexity index is 568. The summed E-state index contributed by atoms with van der Waals surface area (Å²) in [5.74, 6) is -0.167. The molecule has 0 unspecified atom stereocenters. The number of H-pyrrole nitrogens is 1. The average molecular weight is 292 g/mol. The molecular weight excluding hydrogens is 280 g/mol. The van der Waals surface area contributed by atoms with E-state index < -0.39 is 10.4 Å². The van der Waals surface area contributed by atoms with Crippen LogP contribution < -0.4 is 11.1 Å². The Labute approximate surface area is 108 Å². The molecule has 2 heterocycles. The summed E-state index contributed by atoms with van der Waals surface area (Å²) < 4.78 is 30.4. The van der Waals surface area contributed by atoms with Crippen molar-refractivity contribution in [2.75, 3.05) is 13.1 Å². The molecule has 0 radical (unpaired) electrons. The molecular formula is C7H12N6O5S. The molecule has 106 valence electrons. The maximum absolute atomic E-state index is 11.0. The van der Waals surface area contributed by atoms with Crippen LogP contribution in [-0.4, -0.2) is 47.8 Å². The number of rotatable bonds is 5. The van der Waals surface area contributed by atoms with Crippen molar-refractivity contribution in [2.45, 2.75) is 6.54 Å². The fourth-order valence-corrected chi connectivity index (χ4v) is 1.84. The van der Waals surface area contributed by atoms with Gasteiger partial charge in [0.1, 0.15) is 0 Å². The first-order chi connectivity index (χ1) is 8.98. The van der Waals surface area contributed by atoms with Gasteiger partial charge in [-0.15, -0.1) is 4.28 Å². The summed E-state index contributed by atoms with van der Waals surface area (Å²) in [5.41, 5.74) is 5.89. The molecule has 19 heavy (non-hydrogen) atoms. The minimum atomic E-state index is -4.18. The molecule has 0 aromatic carbocycles. The number of aromatic hydroxyl groups is 1. The topological polar surface area (TPSA) is 155 Å². The molecule has 0 atom stereocenters. The van der Waals surface area contributed by atoms with Gasteiger partial charge < -0.3 is 16.2 Å². The predicted molar refractivity (Wildman–Crippen MR) is 61.4 cm³/mol. The summed E-state index contributed by atoms with van der Waals surface area (Å²) in [6.45, 7) is 0.761. The van der Waals surface area contributed by atoms with Crippen LogP contribution in [0.5, 0.6) is 5.75 Å². The van der Waals surface area contributed by atoms with Crippen molar-refractivity contribution in [2.24, 2.45) is 10.9 Å². The molecule has 1 aromatic rings. The number of nitrogens with zero attached hydrogens (tertiary/aromatic N) is 3. The van der Waals surface area contributed by atoms with Gasteiger partial charge in [0.05, 0.1) is 18.4 Å². The van der Waals surface area contributed by atoms with Gasteiger partial charge in [0.25, 0.3) is 5.96 Å². The zero-order chi connectivity index (χ0) is 13.9. The lowest BCUT2D eigenvalue weighted by Crippen LogP contribution is -2.45. The smallest absolute Gasteiger partial charge is 0.491 e. The van der Waals surface area contributed by atoms with Gasteiger partial charge in [-0.3, -0.25) is 5.10 Å². The molecule has 11 nitrogen and oxygen atoms in total. The number of nitrogens with one attached hydrogen (secondary N) is 2. The SMILES string of the molecule is NC1=NOS(=O)(=O)ON1CCNCc1[nH]ncc1O. The summed E-state index contributed by atoms with van der Waals surface area (Å²) in [6.07, 6.45) is 1.28. The molecule has 1 aliphatic heterocycles. The number of oxime groups is 1. The van der Waals surface area contributed by atoms with Crippen LogP contribution in [0.25, 0.3) is 0 Å². The number of hydrogen-bond acceptors (Lipinski definition) is 10. The third kappa shape index (κ3) is 3.46. The standard InChI is InChI=1S/C7H12N6O5S/c8-7-12-17-19(15,16)18-13(7)2-1-9-3-5-6(14)4-10-11-5/h4,9,14H,1-3H2,(H2,8,12)(H,10,11). The largest absolute Gasteiger partial charge is 0.504 e. The van der Waals surface area contributed by atoms with E-state index in [1.165, 1.54) is 6.20 Å². The Morgan fingerprint density at radius 1 is 1.58 bits per heavy atom. The van der Waals surface area contributed by atoms with Crippen molar-refractivity contribution in [3.05, 3.63) is 11.9 Å². The van der Waals surface area contributed by atoms with Gasteiger partial charge in [-0.05, 0) is 5.16 Å². The fraction of sp³-hybridized carbons (Fsp3) is 0.429. The number of hydroxylamine groups is 2. The summed E-state index contributed by atoms with van der Waals surface area (Å²) in [7, 11) is -4.18. The van der Waals surface area contributed by atoms with Gasteiger partial charge >= 0.3 is 10.4 Å². The Morgan fingerprint density at radius 2 is 2.37 bits per heavy atom. The Morgan fingerprint density at radius 3 is 3.05 bits per heavy atom. The highest BCUT2D eigenvalue weighted by molar-refractivity contribution is 7.81. The first kappa shape index (κ1) is 13.4. The minimum absolute atomic E-state index is 0.0405. The van der Waals surface area contributed by atoms with Crippen LogP contribution >= 0.6 is 0 Å². The van der Waals surface area contributed by atoms with E-state index in [4.69, 9.17) is 5.73 Å². The molecule has 0 amide bonds. The Balaban J connectivity index is 1.78. The molecule has 0 bridgehead atoms. The van der Waals surface area contributed by atoms with E-state index in [0.29, 0.717) is 18.8 Å². The molecule has 1 aliphatic rings. The Hall–Kier alpha value is -2.05. The van der Waals surface area contributed by atoms with E-state index in [1.54, 1.807) is 0 Å². The maximum atomic E-state index is 11.0. The molecule has 12 heteroatoms. The molecule has 0 spiro atoms. The second kappa shape index (κ2) is 5.29. The highest BCUT2D eigenvalue weighted by atomic mass is 32.3. The van der Waals surface area contributed by atoms with Crippen molar-refractivity contribution in [3.63, 3.8) is 0 Å². The van der Waals surface area contributed by atoms with Crippen LogP contribution in [0.4, 0.5) is 0 Å². The third-order valence-corrected chi connectivity index (χ3v) is 2.77. The average Bonchev–Trinajstić information content (AvgIpc) is 2.75. The van der Waals surface area contributed by atoms with Gasteiger partial charge in [-0.2, -0.15) is 18.6 Å². The number of hydrogen-bond donors (Lipinski definition) is 4. The van der Waals surface area contributed by atoms with Crippen molar-refractivity contribution >= 4 is 16.4 Å². The van der Waals surface area contributed by atoms with Crippen LogP contribution in [0.3, 0.4) is 0 Å². The van der Waals surface area contributed by atoms with E-state index in [1.807, 2.05) is 0 Å². The number of aromatic amines is 1. The predicted octanol–water partition coefficient (Wildman–Crippen LogP) is -2.06. The first-order valence-electron chi connectivity index (χ1n) is 5.14. The third-order valence-electron chi connectivity index (χ3n) is 2.15. The summed E-state index contributed by atoms with van der Waals surface area (Å²) >= 11 is 0. The van der Waals surface area contributed by atoms with E-state index in [0.717, 1.165) is 5.06 Å². The number of aromatic nitrogens is 2. The monoisotopic (exact) mass is 292 g/mol. The summed E-state index contributed by atoms with van der Waals surface area (Å²) in [4.78, 5) is 0. The Kier molecular flexibility index (Phi) is 3.73. The summed E-state index contributed by atoms with van der Waals surface area (Å²) in [6, 6.07) is 0. The molecule has 0 aliphatic carbocycles. The minimum Gasteiger partial charge on any atom is -0.504 e. The molecule has 0 saturated carbocycles. The lowest BCUT2D eigenvalue weighted by molar-refractivity contribution is -0.0125. The van der Waals surface area contributed by atoms with Crippen LogP contribution in [0.1, 0.15) is 5.69 Å². The second-order valence-corrected chi connectivity index (χ2v) is 4.63. The van der Waals surface area contributed by atoms with Crippen LogP contribution in [0.15, 0.2) is 11.4 Å². The molecule has 2 rings (SSSR count). The quantitative estimate of drug-likeness (QED) is 0.448. The van der Waals surface area contributed by atoms with Crippen molar-refractivity contribution in [3.8, 4) is 5.75 Å². The van der Waals surface area contributed by atoms with Gasteiger partial charge in [-0.1, -0.05) is 0 Å². The van der Waals surface area contributed by atoms with Crippen molar-refractivity contribution in [1.29, 1.82) is 0 Å². The fourth-order valence-electron chi connectivity index (χ4n) is 1.27. The van der Waals surface area contributed by atoms with Gasteiger partial charge in [0.2, 0.25) is 0 Å². The van der Waals surface area contributed by atoms with E-state index in [-0.39, 0.29) is 18.3 Å². The second-order valence-electron chi connectivity index (χ2n) is 3.52.